The van der Waals surface area contributed by atoms with Crippen molar-refractivity contribution < 1.29 is 4.79 Å². The zero-order valence-electron chi connectivity index (χ0n) is 7.38. The van der Waals surface area contributed by atoms with Crippen LogP contribution in [0.15, 0.2) is 29.4 Å². The van der Waals surface area contributed by atoms with Gasteiger partial charge in [0.05, 0.1) is 0 Å². The highest BCUT2D eigenvalue weighted by molar-refractivity contribution is 9.11. The third-order valence-electron chi connectivity index (χ3n) is 1.62. The fourth-order valence-corrected chi connectivity index (χ4v) is 1.10. The van der Waals surface area contributed by atoms with E-state index >= 15 is 0 Å². The second-order valence-electron chi connectivity index (χ2n) is 2.70. The van der Waals surface area contributed by atoms with Crippen molar-refractivity contribution >= 4 is 21.8 Å². The molecule has 0 spiro atoms. The standard InChI is InChI=1S/C9H11BrN2O/c1-7(10)6-11-9(13)8-4-3-5-12(8)2/h3-5H,1,6H2,2H3,(H,11,13). The van der Waals surface area contributed by atoms with Crippen LogP contribution in [0.4, 0.5) is 0 Å². The Balaban J connectivity index is 2.59. The maximum Gasteiger partial charge on any atom is 0.268 e. The van der Waals surface area contributed by atoms with Crippen LogP contribution < -0.4 is 5.32 Å². The van der Waals surface area contributed by atoms with Crippen molar-refractivity contribution in [1.82, 2.24) is 9.88 Å². The van der Waals surface area contributed by atoms with Crippen LogP contribution in [0, 0.1) is 0 Å². The van der Waals surface area contributed by atoms with E-state index in [1.54, 1.807) is 10.6 Å². The summed E-state index contributed by atoms with van der Waals surface area (Å²) in [4.78, 5) is 11.4. The second kappa shape index (κ2) is 4.28. The normalized spacial score (nSPS) is 9.69. The Labute approximate surface area is 85.6 Å². The molecule has 3 nitrogen and oxygen atoms in total. The number of hydrogen-bond acceptors (Lipinski definition) is 1. The van der Waals surface area contributed by atoms with Crippen molar-refractivity contribution in [2.24, 2.45) is 7.05 Å². The van der Waals surface area contributed by atoms with Gasteiger partial charge in [-0.25, -0.2) is 0 Å². The van der Waals surface area contributed by atoms with Gasteiger partial charge in [0.15, 0.2) is 0 Å². The van der Waals surface area contributed by atoms with Gasteiger partial charge >= 0.3 is 0 Å². The van der Waals surface area contributed by atoms with Crippen LogP contribution >= 0.6 is 15.9 Å². The predicted molar refractivity (Wildman–Crippen MR) is 55.8 cm³/mol. The molecule has 1 aromatic rings. The molecule has 1 heterocycles. The lowest BCUT2D eigenvalue weighted by molar-refractivity contribution is 0.0949. The highest BCUT2D eigenvalue weighted by Crippen LogP contribution is 2.01. The monoisotopic (exact) mass is 242 g/mol. The number of carbonyl (C=O) groups is 1. The molecule has 0 aliphatic heterocycles. The molecule has 1 N–H and O–H groups in total. The predicted octanol–water partition coefficient (Wildman–Crippen LogP) is 1.66. The van der Waals surface area contributed by atoms with Crippen LogP contribution in [-0.2, 0) is 7.05 Å². The molecule has 1 aromatic heterocycles. The van der Waals surface area contributed by atoms with E-state index in [1.165, 1.54) is 0 Å². The highest BCUT2D eigenvalue weighted by atomic mass is 79.9. The summed E-state index contributed by atoms with van der Waals surface area (Å²) in [5.41, 5.74) is 0.647. The molecule has 0 aliphatic carbocycles. The topological polar surface area (TPSA) is 34.0 Å². The van der Waals surface area contributed by atoms with Gasteiger partial charge in [-0.2, -0.15) is 0 Å². The van der Waals surface area contributed by atoms with Crippen LogP contribution in [0.1, 0.15) is 10.5 Å². The number of hydrogen-bond donors (Lipinski definition) is 1. The molecular weight excluding hydrogens is 232 g/mol. The molecule has 0 aliphatic rings. The molecule has 0 saturated heterocycles. The fraction of sp³-hybridized carbons (Fsp3) is 0.222. The Morgan fingerprint density at radius 2 is 2.46 bits per heavy atom. The number of amides is 1. The number of carbonyl (C=O) groups excluding carboxylic acids is 1. The van der Waals surface area contributed by atoms with E-state index in [0.29, 0.717) is 12.2 Å². The van der Waals surface area contributed by atoms with Crippen LogP contribution in [0.25, 0.3) is 0 Å². The fourth-order valence-electron chi connectivity index (χ4n) is 0.964. The Morgan fingerprint density at radius 3 is 2.92 bits per heavy atom. The van der Waals surface area contributed by atoms with Crippen LogP contribution in [0.3, 0.4) is 0 Å². The molecule has 70 valence electrons. The van der Waals surface area contributed by atoms with Crippen molar-refractivity contribution in [3.63, 3.8) is 0 Å². The van der Waals surface area contributed by atoms with E-state index in [9.17, 15) is 4.79 Å². The third kappa shape index (κ3) is 2.73. The Kier molecular flexibility index (Phi) is 3.31. The highest BCUT2D eigenvalue weighted by Gasteiger charge is 2.07. The lowest BCUT2D eigenvalue weighted by Crippen LogP contribution is -2.26. The van der Waals surface area contributed by atoms with Crippen LogP contribution in [0.2, 0.25) is 0 Å². The first-order valence-corrected chi connectivity index (χ1v) is 4.63. The summed E-state index contributed by atoms with van der Waals surface area (Å²) in [6.07, 6.45) is 1.83. The minimum absolute atomic E-state index is 0.0897. The SMILES string of the molecule is C=C(Br)CNC(=O)c1cccn1C. The summed E-state index contributed by atoms with van der Waals surface area (Å²) < 4.78 is 2.53. The minimum Gasteiger partial charge on any atom is -0.347 e. The summed E-state index contributed by atoms with van der Waals surface area (Å²) in [5.74, 6) is -0.0897. The first-order chi connectivity index (χ1) is 6.11. The van der Waals surface area contributed by atoms with Crippen molar-refractivity contribution in [3.05, 3.63) is 35.1 Å². The molecule has 1 rings (SSSR count). The molecule has 0 saturated carbocycles. The van der Waals surface area contributed by atoms with Crippen LogP contribution in [-0.4, -0.2) is 17.0 Å². The number of aryl methyl sites for hydroxylation is 1. The zero-order chi connectivity index (χ0) is 9.84. The largest absolute Gasteiger partial charge is 0.347 e. The number of halogens is 1. The average molecular weight is 243 g/mol. The summed E-state index contributed by atoms with van der Waals surface area (Å²) >= 11 is 3.17. The van der Waals surface area contributed by atoms with Gasteiger partial charge in [-0.3, -0.25) is 4.79 Å². The molecule has 0 atom stereocenters. The smallest absolute Gasteiger partial charge is 0.268 e. The molecule has 0 aromatic carbocycles. The van der Waals surface area contributed by atoms with Gasteiger partial charge < -0.3 is 9.88 Å². The van der Waals surface area contributed by atoms with Crippen LogP contribution in [0.5, 0.6) is 0 Å². The van der Waals surface area contributed by atoms with Crippen molar-refractivity contribution in [1.29, 1.82) is 0 Å². The third-order valence-corrected chi connectivity index (χ3v) is 1.90. The molecule has 13 heavy (non-hydrogen) atoms. The number of nitrogens with one attached hydrogen (secondary N) is 1. The lowest BCUT2D eigenvalue weighted by Gasteiger charge is -2.04. The summed E-state index contributed by atoms with van der Waals surface area (Å²) in [5, 5.41) is 2.72. The van der Waals surface area contributed by atoms with E-state index in [0.717, 1.165) is 4.48 Å². The Hall–Kier alpha value is -1.03. The van der Waals surface area contributed by atoms with E-state index in [4.69, 9.17) is 0 Å². The van der Waals surface area contributed by atoms with Crippen molar-refractivity contribution in [3.8, 4) is 0 Å². The van der Waals surface area contributed by atoms with Gasteiger partial charge in [0.25, 0.3) is 5.91 Å². The Morgan fingerprint density at radius 1 is 1.77 bits per heavy atom. The van der Waals surface area contributed by atoms with Gasteiger partial charge in [0, 0.05) is 24.3 Å². The van der Waals surface area contributed by atoms with Crippen molar-refractivity contribution in [2.45, 2.75) is 0 Å². The first kappa shape index (κ1) is 10.1. The van der Waals surface area contributed by atoms with Gasteiger partial charge in [-0.1, -0.05) is 22.5 Å². The second-order valence-corrected chi connectivity index (χ2v) is 3.83. The van der Waals surface area contributed by atoms with E-state index < -0.39 is 0 Å². The quantitative estimate of drug-likeness (QED) is 0.860. The molecular formula is C9H11BrN2O. The maximum absolute atomic E-state index is 11.4. The van der Waals surface area contributed by atoms with Gasteiger partial charge in [-0.15, -0.1) is 0 Å². The van der Waals surface area contributed by atoms with Gasteiger partial charge in [0.2, 0.25) is 0 Å². The number of aromatic nitrogens is 1. The summed E-state index contributed by atoms with van der Waals surface area (Å²) in [6, 6.07) is 3.60. The first-order valence-electron chi connectivity index (χ1n) is 3.84. The van der Waals surface area contributed by atoms with Gasteiger partial charge in [-0.05, 0) is 12.1 Å². The Bertz CT molecular complexity index is 330. The molecule has 4 heteroatoms. The summed E-state index contributed by atoms with van der Waals surface area (Å²) in [7, 11) is 1.83. The molecule has 0 radical (unpaired) electrons. The molecule has 1 amide bonds. The molecule has 0 bridgehead atoms. The minimum atomic E-state index is -0.0897. The summed E-state index contributed by atoms with van der Waals surface area (Å²) in [6.45, 7) is 4.07. The molecule has 0 unspecified atom stereocenters. The van der Waals surface area contributed by atoms with E-state index in [-0.39, 0.29) is 5.91 Å². The zero-order valence-corrected chi connectivity index (χ0v) is 8.97. The van der Waals surface area contributed by atoms with E-state index in [2.05, 4.69) is 27.8 Å². The van der Waals surface area contributed by atoms with E-state index in [1.807, 2.05) is 19.3 Å². The lowest BCUT2D eigenvalue weighted by atomic mass is 10.4. The maximum atomic E-state index is 11.4. The average Bonchev–Trinajstić information content (AvgIpc) is 2.47. The van der Waals surface area contributed by atoms with Crippen molar-refractivity contribution in [2.75, 3.05) is 6.54 Å². The van der Waals surface area contributed by atoms with Gasteiger partial charge in [0.1, 0.15) is 5.69 Å². The molecule has 0 fully saturated rings. The number of rotatable bonds is 3. The number of nitrogens with zero attached hydrogens (tertiary/aromatic N) is 1.